The molecule has 0 aromatic carbocycles. The molecule has 6 heteroatoms. The Morgan fingerprint density at radius 1 is 1.30 bits per heavy atom. The summed E-state index contributed by atoms with van der Waals surface area (Å²) in [4.78, 5) is 0. The fraction of sp³-hybridized carbons (Fsp3) is 1.00. The van der Waals surface area contributed by atoms with Crippen molar-refractivity contribution < 1.29 is 29.5 Å². The van der Waals surface area contributed by atoms with E-state index < -0.39 is 5.69 Å². The maximum absolute atomic E-state index is 5.04. The van der Waals surface area contributed by atoms with Gasteiger partial charge >= 0.3 is 0 Å². The summed E-state index contributed by atoms with van der Waals surface area (Å²) in [5.74, 6) is 0. The molecule has 66 valence electrons. The van der Waals surface area contributed by atoms with Crippen LogP contribution in [-0.4, -0.2) is 13.2 Å². The molecule has 0 unspecified atom stereocenters. The molecule has 0 rings (SSSR count). The Hall–Kier alpha value is 1.58. The van der Waals surface area contributed by atoms with Crippen LogP contribution in [0.4, 0.5) is 0 Å². The van der Waals surface area contributed by atoms with Gasteiger partial charge in [-0.05, 0) is 25.7 Å². The number of hydrogen-bond donors (Lipinski definition) is 1. The van der Waals surface area contributed by atoms with E-state index in [1.54, 1.807) is 0 Å². The molecule has 0 saturated heterocycles. The van der Waals surface area contributed by atoms with E-state index >= 15 is 0 Å². The molecule has 0 fully saturated rings. The molecule has 0 saturated carbocycles. The zero-order valence-electron chi connectivity index (χ0n) is 5.85. The van der Waals surface area contributed by atoms with Crippen LogP contribution in [0.1, 0.15) is 13.8 Å². The number of hydrogen-bond acceptors (Lipinski definition) is 3. The Kier molecular flexibility index (Phi) is 10.2. The van der Waals surface area contributed by atoms with Crippen LogP contribution in [0, 0.1) is 0 Å². The second-order valence-electron chi connectivity index (χ2n) is 1.30. The largest absolute Gasteiger partial charge is 0.322 e. The van der Waals surface area contributed by atoms with Crippen molar-refractivity contribution in [3.05, 3.63) is 0 Å². The fourth-order valence-electron chi connectivity index (χ4n) is 0.364. The molecule has 0 aliphatic heterocycles. The Morgan fingerprint density at radius 3 is 1.80 bits per heavy atom. The normalized spacial score (nSPS) is 10.7. The molecule has 0 aliphatic rings. The summed E-state index contributed by atoms with van der Waals surface area (Å²) in [6.07, 6.45) is 0. The van der Waals surface area contributed by atoms with Gasteiger partial charge in [-0.1, -0.05) is 12.2 Å². The summed E-state index contributed by atoms with van der Waals surface area (Å²) in [5, 5.41) is 0. The molecule has 0 radical (unpaired) electrons. The minimum atomic E-state index is -2.16. The average molecular weight is 293 g/mol. The van der Waals surface area contributed by atoms with Gasteiger partial charge in [0.15, 0.2) is 0 Å². The van der Waals surface area contributed by atoms with E-state index in [1.165, 1.54) is 0 Å². The topological polar surface area (TPSA) is 18.5 Å². The Labute approximate surface area is 86.0 Å². The van der Waals surface area contributed by atoms with E-state index in [2.05, 4.69) is 12.2 Å². The van der Waals surface area contributed by atoms with Crippen molar-refractivity contribution >= 4 is 29.7 Å². The molecular formula is C4H11O2PPdS2. The molecule has 0 atom stereocenters. The van der Waals surface area contributed by atoms with Gasteiger partial charge in [0.05, 0.1) is 13.2 Å². The molecule has 0 bridgehead atoms. The van der Waals surface area contributed by atoms with Gasteiger partial charge < -0.3 is 9.05 Å². The van der Waals surface area contributed by atoms with Gasteiger partial charge in [-0.3, -0.25) is 0 Å². The van der Waals surface area contributed by atoms with Crippen LogP contribution >= 0.6 is 17.9 Å². The second-order valence-corrected chi connectivity index (χ2v) is 6.59. The van der Waals surface area contributed by atoms with Crippen molar-refractivity contribution in [1.29, 1.82) is 0 Å². The summed E-state index contributed by atoms with van der Waals surface area (Å²) in [6.45, 7) is 4.88. The van der Waals surface area contributed by atoms with Gasteiger partial charge in [0.2, 0.25) is 5.69 Å². The molecule has 10 heavy (non-hydrogen) atoms. The molecule has 2 nitrogen and oxygen atoms in total. The molecule has 0 aromatic rings. The third-order valence-corrected chi connectivity index (χ3v) is 3.08. The number of thiol groups is 1. The van der Waals surface area contributed by atoms with Crippen molar-refractivity contribution in [1.82, 2.24) is 0 Å². The maximum Gasteiger partial charge on any atom is 0.244 e. The van der Waals surface area contributed by atoms with Crippen LogP contribution in [0.5, 0.6) is 0 Å². The summed E-state index contributed by atoms with van der Waals surface area (Å²) in [7, 11) is 0. The van der Waals surface area contributed by atoms with E-state index in [9.17, 15) is 0 Å². The molecule has 0 aliphatic carbocycles. The first kappa shape index (κ1) is 14.1. The van der Waals surface area contributed by atoms with Gasteiger partial charge in [0.25, 0.3) is 0 Å². The quantitative estimate of drug-likeness (QED) is 0.487. The zero-order valence-corrected chi connectivity index (χ0v) is 10.0. The van der Waals surface area contributed by atoms with Crippen LogP contribution < -0.4 is 0 Å². The summed E-state index contributed by atoms with van der Waals surface area (Å²) >= 11 is 8.90. The summed E-state index contributed by atoms with van der Waals surface area (Å²) in [5.41, 5.74) is -2.16. The summed E-state index contributed by atoms with van der Waals surface area (Å²) in [6, 6.07) is 0. The number of rotatable bonds is 4. The molecular weight excluding hydrogens is 282 g/mol. The first-order chi connectivity index (χ1) is 4.12. The molecule has 0 N–H and O–H groups in total. The predicted molar refractivity (Wildman–Crippen MR) is 46.5 cm³/mol. The van der Waals surface area contributed by atoms with E-state index in [0.717, 1.165) is 0 Å². The van der Waals surface area contributed by atoms with Crippen molar-refractivity contribution in [2.75, 3.05) is 13.2 Å². The fourth-order valence-corrected chi connectivity index (χ4v) is 2.42. The molecule has 0 aromatic heterocycles. The maximum atomic E-state index is 5.04. The average Bonchev–Trinajstić information content (AvgIpc) is 1.64. The van der Waals surface area contributed by atoms with E-state index in [0.29, 0.717) is 13.2 Å². The van der Waals surface area contributed by atoms with Gasteiger partial charge in [-0.25, -0.2) is 0 Å². The monoisotopic (exact) mass is 292 g/mol. The van der Waals surface area contributed by atoms with E-state index in [-0.39, 0.29) is 20.4 Å². The van der Waals surface area contributed by atoms with Crippen molar-refractivity contribution in [2.45, 2.75) is 13.8 Å². The Balaban J connectivity index is 0. The van der Waals surface area contributed by atoms with Crippen LogP contribution in [0.3, 0.4) is 0 Å². The first-order valence-corrected chi connectivity index (χ1v) is 6.53. The van der Waals surface area contributed by atoms with Gasteiger partial charge in [0.1, 0.15) is 0 Å². The van der Waals surface area contributed by atoms with Crippen molar-refractivity contribution in [3.63, 3.8) is 0 Å². The van der Waals surface area contributed by atoms with Gasteiger partial charge in [-0.2, -0.15) is 0 Å². The predicted octanol–water partition coefficient (Wildman–Crippen LogP) is 2.21. The van der Waals surface area contributed by atoms with E-state index in [4.69, 9.17) is 20.9 Å². The van der Waals surface area contributed by atoms with Crippen molar-refractivity contribution in [3.8, 4) is 0 Å². The first-order valence-electron chi connectivity index (χ1n) is 2.74. The third-order valence-electron chi connectivity index (χ3n) is 0.584. The van der Waals surface area contributed by atoms with E-state index in [1.807, 2.05) is 13.8 Å². The minimum absolute atomic E-state index is 0. The molecule has 0 spiro atoms. The van der Waals surface area contributed by atoms with Crippen LogP contribution in [0.15, 0.2) is 0 Å². The van der Waals surface area contributed by atoms with Gasteiger partial charge in [-0.15, -0.1) is 0 Å². The van der Waals surface area contributed by atoms with Crippen molar-refractivity contribution in [2.24, 2.45) is 0 Å². The summed E-state index contributed by atoms with van der Waals surface area (Å²) < 4.78 is 10.1. The zero-order chi connectivity index (χ0) is 7.33. The SMILES string of the molecule is CCOP(=S)(S)OCC.[Pd]. The minimum Gasteiger partial charge on any atom is -0.322 e. The molecule has 0 heterocycles. The standard InChI is InChI=1S/C4H11O2PS2.Pd/c1-3-5-7(8,9)6-4-2;/h3-4H2,1-2H3,(H,8,9);. The van der Waals surface area contributed by atoms with Gasteiger partial charge in [0, 0.05) is 20.4 Å². The molecule has 0 amide bonds. The smallest absolute Gasteiger partial charge is 0.244 e. The second kappa shape index (κ2) is 7.24. The van der Waals surface area contributed by atoms with Crippen LogP contribution in [-0.2, 0) is 41.3 Å². The Bertz CT molecular complexity index is 112. The Morgan fingerprint density at radius 2 is 1.60 bits per heavy atom. The third kappa shape index (κ3) is 7.69. The van der Waals surface area contributed by atoms with Crippen LogP contribution in [0.25, 0.3) is 0 Å². The van der Waals surface area contributed by atoms with Crippen LogP contribution in [0.2, 0.25) is 0 Å².